The van der Waals surface area contributed by atoms with Gasteiger partial charge in [0.15, 0.2) is 0 Å². The zero-order valence-electron chi connectivity index (χ0n) is 10.4. The molecule has 0 saturated heterocycles. The zero-order chi connectivity index (χ0) is 13.4. The third-order valence-electron chi connectivity index (χ3n) is 3.55. The predicted molar refractivity (Wildman–Crippen MR) is 72.6 cm³/mol. The summed E-state index contributed by atoms with van der Waals surface area (Å²) in [5.41, 5.74) is 1.81. The van der Waals surface area contributed by atoms with E-state index < -0.39 is 0 Å². The van der Waals surface area contributed by atoms with E-state index in [2.05, 4.69) is 0 Å². The number of halogens is 2. The fourth-order valence-electron chi connectivity index (χ4n) is 2.26. The Balaban J connectivity index is 1.76. The van der Waals surface area contributed by atoms with Gasteiger partial charge in [0, 0.05) is 24.0 Å². The largest absolute Gasteiger partial charge is 0.388 e. The maximum atomic E-state index is 13.0. The normalized spacial score (nSPS) is 16.6. The molecule has 19 heavy (non-hydrogen) atoms. The number of hydrogen-bond donors (Lipinski definition) is 1. The van der Waals surface area contributed by atoms with Crippen LogP contribution in [0.3, 0.4) is 0 Å². The first kappa shape index (κ1) is 12.7. The summed E-state index contributed by atoms with van der Waals surface area (Å²) in [6.07, 6.45) is 5.71. The maximum Gasteiger partial charge on any atom is 0.124 e. The van der Waals surface area contributed by atoms with E-state index in [9.17, 15) is 9.50 Å². The highest BCUT2D eigenvalue weighted by atomic mass is 35.5. The molecular weight excluding hydrogens is 265 g/mol. The third-order valence-corrected chi connectivity index (χ3v) is 3.90. The molecule has 0 amide bonds. The van der Waals surface area contributed by atoms with E-state index in [1.54, 1.807) is 6.07 Å². The van der Waals surface area contributed by atoms with Gasteiger partial charge in [0.2, 0.25) is 0 Å². The number of aromatic nitrogens is 1. The van der Waals surface area contributed by atoms with Gasteiger partial charge in [0.25, 0.3) is 0 Å². The Bertz CT molecular complexity index is 592. The summed E-state index contributed by atoms with van der Waals surface area (Å²) in [6.45, 7) is 0.580. The topological polar surface area (TPSA) is 25.2 Å². The van der Waals surface area contributed by atoms with Gasteiger partial charge in [-0.2, -0.15) is 0 Å². The number of aliphatic hydroxyl groups excluding tert-OH is 1. The fourth-order valence-corrected chi connectivity index (χ4v) is 2.49. The van der Waals surface area contributed by atoms with E-state index in [-0.39, 0.29) is 11.9 Å². The van der Waals surface area contributed by atoms with Gasteiger partial charge in [0.05, 0.1) is 6.10 Å². The van der Waals surface area contributed by atoms with E-state index in [0.717, 1.165) is 24.0 Å². The number of nitrogens with zero attached hydrogens (tertiary/aromatic N) is 1. The van der Waals surface area contributed by atoms with Crippen molar-refractivity contribution >= 4 is 11.6 Å². The van der Waals surface area contributed by atoms with Crippen LogP contribution in [0.25, 0.3) is 0 Å². The van der Waals surface area contributed by atoms with Gasteiger partial charge in [-0.1, -0.05) is 17.7 Å². The molecule has 1 N–H and O–H groups in total. The van der Waals surface area contributed by atoms with Crippen molar-refractivity contribution in [2.45, 2.75) is 25.5 Å². The molecule has 1 aliphatic rings. The molecule has 1 fully saturated rings. The second-order valence-electron chi connectivity index (χ2n) is 5.14. The molecular formula is C15H15ClFNO. The third kappa shape index (κ3) is 2.82. The monoisotopic (exact) mass is 279 g/mol. The van der Waals surface area contributed by atoms with Crippen LogP contribution in [-0.4, -0.2) is 9.67 Å². The Morgan fingerprint density at radius 1 is 1.37 bits per heavy atom. The fraction of sp³-hybridized carbons (Fsp3) is 0.333. The van der Waals surface area contributed by atoms with Gasteiger partial charge in [-0.25, -0.2) is 4.39 Å². The van der Waals surface area contributed by atoms with E-state index in [1.165, 1.54) is 12.1 Å². The molecule has 0 spiro atoms. The summed E-state index contributed by atoms with van der Waals surface area (Å²) in [4.78, 5) is 0. The number of rotatable bonds is 4. The first-order valence-corrected chi connectivity index (χ1v) is 6.79. The summed E-state index contributed by atoms with van der Waals surface area (Å²) in [5.74, 6) is 0.0939. The van der Waals surface area contributed by atoms with Gasteiger partial charge in [0.1, 0.15) is 5.82 Å². The Morgan fingerprint density at radius 2 is 2.16 bits per heavy atom. The predicted octanol–water partition coefficient (Wildman–Crippen LogP) is 3.77. The molecule has 1 unspecified atom stereocenters. The summed E-state index contributed by atoms with van der Waals surface area (Å²) in [7, 11) is 0. The standard InChI is InChI=1S/C15H15ClFNO/c16-14-7-13(17)4-3-11(14)8-18-6-5-12(9-18)15(19)10-1-2-10/h3-7,9-10,15,19H,1-2,8H2. The minimum absolute atomic E-state index is 0.328. The molecule has 1 aromatic heterocycles. The minimum Gasteiger partial charge on any atom is -0.388 e. The molecule has 1 saturated carbocycles. The zero-order valence-corrected chi connectivity index (χ0v) is 11.1. The number of aliphatic hydroxyl groups is 1. The van der Waals surface area contributed by atoms with Crippen LogP contribution in [0.2, 0.25) is 5.02 Å². The van der Waals surface area contributed by atoms with Crippen molar-refractivity contribution < 1.29 is 9.50 Å². The maximum absolute atomic E-state index is 13.0. The molecule has 1 atom stereocenters. The second kappa shape index (κ2) is 4.99. The molecule has 0 aliphatic heterocycles. The molecule has 3 rings (SSSR count). The molecule has 0 radical (unpaired) electrons. The number of hydrogen-bond acceptors (Lipinski definition) is 1. The van der Waals surface area contributed by atoms with Crippen molar-refractivity contribution in [2.75, 3.05) is 0 Å². The van der Waals surface area contributed by atoms with Crippen LogP contribution in [0.4, 0.5) is 4.39 Å². The van der Waals surface area contributed by atoms with Crippen LogP contribution in [0.1, 0.15) is 30.1 Å². The van der Waals surface area contributed by atoms with Crippen molar-refractivity contribution in [3.63, 3.8) is 0 Å². The molecule has 2 aromatic rings. The lowest BCUT2D eigenvalue weighted by atomic mass is 10.1. The first-order valence-electron chi connectivity index (χ1n) is 6.41. The molecule has 1 aromatic carbocycles. The van der Waals surface area contributed by atoms with Crippen molar-refractivity contribution in [2.24, 2.45) is 5.92 Å². The SMILES string of the molecule is OC(c1ccn(Cc2ccc(F)cc2Cl)c1)C1CC1. The van der Waals surface area contributed by atoms with Gasteiger partial charge < -0.3 is 9.67 Å². The van der Waals surface area contributed by atoms with Crippen molar-refractivity contribution in [1.29, 1.82) is 0 Å². The molecule has 4 heteroatoms. The van der Waals surface area contributed by atoms with Crippen LogP contribution in [-0.2, 0) is 6.54 Å². The summed E-state index contributed by atoms with van der Waals surface area (Å²) >= 11 is 6.01. The Hall–Kier alpha value is -1.32. The van der Waals surface area contributed by atoms with Crippen molar-refractivity contribution in [3.05, 3.63) is 58.6 Å². The quantitative estimate of drug-likeness (QED) is 0.905. The lowest BCUT2D eigenvalue weighted by Gasteiger charge is -2.07. The average molecular weight is 280 g/mol. The van der Waals surface area contributed by atoms with Crippen molar-refractivity contribution in [1.82, 2.24) is 4.57 Å². The lowest BCUT2D eigenvalue weighted by molar-refractivity contribution is 0.154. The van der Waals surface area contributed by atoms with E-state index in [0.29, 0.717) is 17.5 Å². The molecule has 1 heterocycles. The number of benzene rings is 1. The summed E-state index contributed by atoms with van der Waals surface area (Å²) in [5, 5.41) is 10.5. The van der Waals surface area contributed by atoms with Crippen LogP contribution in [0.15, 0.2) is 36.7 Å². The van der Waals surface area contributed by atoms with Crippen LogP contribution in [0, 0.1) is 11.7 Å². The molecule has 2 nitrogen and oxygen atoms in total. The van der Waals surface area contributed by atoms with Crippen LogP contribution >= 0.6 is 11.6 Å². The Morgan fingerprint density at radius 3 is 2.84 bits per heavy atom. The minimum atomic E-state index is -0.357. The highest BCUT2D eigenvalue weighted by Crippen LogP contribution is 2.40. The smallest absolute Gasteiger partial charge is 0.124 e. The van der Waals surface area contributed by atoms with E-state index >= 15 is 0 Å². The molecule has 1 aliphatic carbocycles. The summed E-state index contributed by atoms with van der Waals surface area (Å²) < 4.78 is 14.9. The molecule has 0 bridgehead atoms. The highest BCUT2D eigenvalue weighted by Gasteiger charge is 2.31. The lowest BCUT2D eigenvalue weighted by Crippen LogP contribution is -2.00. The average Bonchev–Trinajstić information content (AvgIpc) is 3.12. The Labute approximate surface area is 116 Å². The van der Waals surface area contributed by atoms with E-state index in [4.69, 9.17) is 11.6 Å². The van der Waals surface area contributed by atoms with E-state index in [1.807, 2.05) is 23.0 Å². The van der Waals surface area contributed by atoms with Crippen LogP contribution in [0.5, 0.6) is 0 Å². The van der Waals surface area contributed by atoms with Gasteiger partial charge in [-0.3, -0.25) is 0 Å². The molecule has 100 valence electrons. The van der Waals surface area contributed by atoms with Gasteiger partial charge in [-0.05, 0) is 48.1 Å². The van der Waals surface area contributed by atoms with Crippen LogP contribution < -0.4 is 0 Å². The van der Waals surface area contributed by atoms with Gasteiger partial charge >= 0.3 is 0 Å². The van der Waals surface area contributed by atoms with Crippen molar-refractivity contribution in [3.8, 4) is 0 Å². The highest BCUT2D eigenvalue weighted by molar-refractivity contribution is 6.31. The van der Waals surface area contributed by atoms with Gasteiger partial charge in [-0.15, -0.1) is 0 Å². The Kier molecular flexibility index (Phi) is 3.33. The second-order valence-corrected chi connectivity index (χ2v) is 5.54. The first-order chi connectivity index (χ1) is 9.13. The summed E-state index contributed by atoms with van der Waals surface area (Å²) in [6, 6.07) is 6.35.